The molecule has 2 N–H and O–H groups in total. The van der Waals surface area contributed by atoms with E-state index in [1.54, 1.807) is 7.11 Å². The molecule has 5 nitrogen and oxygen atoms in total. The van der Waals surface area contributed by atoms with Crippen molar-refractivity contribution in [3.05, 3.63) is 29.8 Å². The molecule has 5 heteroatoms. The van der Waals surface area contributed by atoms with Crippen molar-refractivity contribution in [3.63, 3.8) is 0 Å². The molecule has 1 rings (SSSR count). The molecular formula is C16H27N3O2. The summed E-state index contributed by atoms with van der Waals surface area (Å²) in [7, 11) is 5.60. The van der Waals surface area contributed by atoms with Gasteiger partial charge in [0.25, 0.3) is 0 Å². The number of amides is 1. The Hall–Kier alpha value is -1.59. The molecule has 1 aromatic rings. The van der Waals surface area contributed by atoms with Crippen LogP contribution in [0.4, 0.5) is 5.69 Å². The third kappa shape index (κ3) is 5.36. The average molecular weight is 293 g/mol. The Bertz CT molecular complexity index is 428. The van der Waals surface area contributed by atoms with Gasteiger partial charge in [0.15, 0.2) is 0 Å². The lowest BCUT2D eigenvalue weighted by molar-refractivity contribution is -0.134. The molecule has 0 aliphatic rings. The number of methoxy groups -OCH3 is 1. The minimum Gasteiger partial charge on any atom is -0.380 e. The van der Waals surface area contributed by atoms with Crippen molar-refractivity contribution < 1.29 is 9.53 Å². The van der Waals surface area contributed by atoms with Gasteiger partial charge in [0.05, 0.1) is 12.5 Å². The lowest BCUT2D eigenvalue weighted by atomic mass is 10.1. The van der Waals surface area contributed by atoms with Crippen molar-refractivity contribution in [1.29, 1.82) is 0 Å². The van der Waals surface area contributed by atoms with E-state index >= 15 is 0 Å². The first-order chi connectivity index (χ1) is 10.0. The van der Waals surface area contributed by atoms with Crippen molar-refractivity contribution in [2.75, 3.05) is 39.2 Å². The Balaban J connectivity index is 2.66. The monoisotopic (exact) mass is 293 g/mol. The van der Waals surface area contributed by atoms with Crippen molar-refractivity contribution in [2.24, 2.45) is 5.73 Å². The predicted octanol–water partition coefficient (Wildman–Crippen LogP) is 1.46. The van der Waals surface area contributed by atoms with Crippen LogP contribution in [-0.2, 0) is 16.1 Å². The van der Waals surface area contributed by atoms with Gasteiger partial charge in [-0.1, -0.05) is 12.1 Å². The molecule has 1 amide bonds. The number of anilines is 1. The van der Waals surface area contributed by atoms with E-state index < -0.39 is 0 Å². The maximum atomic E-state index is 12.3. The highest BCUT2D eigenvalue weighted by atomic mass is 16.5. The van der Waals surface area contributed by atoms with Crippen LogP contribution >= 0.6 is 0 Å². The van der Waals surface area contributed by atoms with Gasteiger partial charge >= 0.3 is 0 Å². The number of carbonyl (C=O) groups is 1. The van der Waals surface area contributed by atoms with Crippen LogP contribution in [0.15, 0.2) is 24.3 Å². The molecule has 21 heavy (non-hydrogen) atoms. The molecule has 0 spiro atoms. The molecule has 1 atom stereocenters. The first kappa shape index (κ1) is 17.5. The number of rotatable bonds is 8. The van der Waals surface area contributed by atoms with Crippen LogP contribution < -0.4 is 10.6 Å². The van der Waals surface area contributed by atoms with Gasteiger partial charge in [-0.15, -0.1) is 0 Å². The molecule has 0 heterocycles. The number of hydrogen-bond acceptors (Lipinski definition) is 4. The van der Waals surface area contributed by atoms with Crippen molar-refractivity contribution in [3.8, 4) is 0 Å². The van der Waals surface area contributed by atoms with Crippen molar-refractivity contribution in [1.82, 2.24) is 4.90 Å². The Morgan fingerprint density at radius 1 is 1.29 bits per heavy atom. The summed E-state index contributed by atoms with van der Waals surface area (Å²) in [4.78, 5) is 16.1. The van der Waals surface area contributed by atoms with E-state index in [1.165, 1.54) is 0 Å². The van der Waals surface area contributed by atoms with Crippen molar-refractivity contribution >= 4 is 11.6 Å². The molecule has 0 aliphatic heterocycles. The molecular weight excluding hydrogens is 266 g/mol. The lowest BCUT2D eigenvalue weighted by Crippen LogP contribution is -2.35. The third-order valence-corrected chi connectivity index (χ3v) is 3.56. The van der Waals surface area contributed by atoms with Crippen LogP contribution in [0.1, 0.15) is 18.9 Å². The standard InChI is InChI=1S/C16H27N3O2/c1-5-19(16(20)10-15(11-17)21-4)12-13-6-8-14(9-7-13)18(2)3/h6-9,15H,5,10-12,17H2,1-4H3. The summed E-state index contributed by atoms with van der Waals surface area (Å²) in [5.74, 6) is 0.0755. The Kier molecular flexibility index (Phi) is 7.19. The first-order valence-corrected chi connectivity index (χ1v) is 7.28. The second-order valence-electron chi connectivity index (χ2n) is 5.27. The second-order valence-corrected chi connectivity index (χ2v) is 5.27. The van der Waals surface area contributed by atoms with Gasteiger partial charge in [0.1, 0.15) is 0 Å². The molecule has 0 saturated carbocycles. The van der Waals surface area contributed by atoms with E-state index in [1.807, 2.05) is 25.9 Å². The topological polar surface area (TPSA) is 58.8 Å². The number of nitrogens with zero attached hydrogens (tertiary/aromatic N) is 2. The number of hydrogen-bond donors (Lipinski definition) is 1. The van der Waals surface area contributed by atoms with Gasteiger partial charge in [-0.05, 0) is 24.6 Å². The van der Waals surface area contributed by atoms with Crippen LogP contribution in [0, 0.1) is 0 Å². The number of benzene rings is 1. The largest absolute Gasteiger partial charge is 0.380 e. The molecule has 118 valence electrons. The average Bonchev–Trinajstić information content (AvgIpc) is 2.50. The lowest BCUT2D eigenvalue weighted by Gasteiger charge is -2.23. The van der Waals surface area contributed by atoms with E-state index in [9.17, 15) is 4.79 Å². The summed E-state index contributed by atoms with van der Waals surface area (Å²) in [6, 6.07) is 8.24. The summed E-state index contributed by atoms with van der Waals surface area (Å²) in [5, 5.41) is 0. The highest BCUT2D eigenvalue weighted by molar-refractivity contribution is 5.76. The van der Waals surface area contributed by atoms with Crippen LogP contribution in [-0.4, -0.2) is 51.2 Å². The smallest absolute Gasteiger partial charge is 0.225 e. The Morgan fingerprint density at radius 3 is 2.33 bits per heavy atom. The summed E-state index contributed by atoms with van der Waals surface area (Å²) in [5.41, 5.74) is 7.84. The maximum Gasteiger partial charge on any atom is 0.225 e. The minimum absolute atomic E-state index is 0.0755. The molecule has 0 bridgehead atoms. The molecule has 0 fully saturated rings. The number of ether oxygens (including phenoxy) is 1. The fraction of sp³-hybridized carbons (Fsp3) is 0.562. The van der Waals surface area contributed by atoms with E-state index in [4.69, 9.17) is 10.5 Å². The summed E-state index contributed by atoms with van der Waals surface area (Å²) >= 11 is 0. The molecule has 0 aliphatic carbocycles. The summed E-state index contributed by atoms with van der Waals surface area (Å²) < 4.78 is 5.18. The molecule has 1 aromatic carbocycles. The summed E-state index contributed by atoms with van der Waals surface area (Å²) in [6.45, 7) is 3.63. The highest BCUT2D eigenvalue weighted by Crippen LogP contribution is 2.14. The van der Waals surface area contributed by atoms with E-state index in [2.05, 4.69) is 29.2 Å². The maximum absolute atomic E-state index is 12.3. The zero-order valence-corrected chi connectivity index (χ0v) is 13.5. The van der Waals surface area contributed by atoms with Gasteiger partial charge in [0, 0.05) is 46.5 Å². The van der Waals surface area contributed by atoms with Gasteiger partial charge < -0.3 is 20.3 Å². The van der Waals surface area contributed by atoms with E-state index in [0.717, 1.165) is 11.3 Å². The molecule has 0 radical (unpaired) electrons. The van der Waals surface area contributed by atoms with Crippen LogP contribution in [0.3, 0.4) is 0 Å². The fourth-order valence-electron chi connectivity index (χ4n) is 2.08. The Morgan fingerprint density at radius 2 is 1.90 bits per heavy atom. The van der Waals surface area contributed by atoms with Crippen LogP contribution in [0.2, 0.25) is 0 Å². The fourth-order valence-corrected chi connectivity index (χ4v) is 2.08. The number of carbonyl (C=O) groups excluding carboxylic acids is 1. The quantitative estimate of drug-likeness (QED) is 0.788. The molecule has 1 unspecified atom stereocenters. The normalized spacial score (nSPS) is 12.0. The third-order valence-electron chi connectivity index (χ3n) is 3.56. The van der Waals surface area contributed by atoms with Gasteiger partial charge in [-0.3, -0.25) is 4.79 Å². The first-order valence-electron chi connectivity index (χ1n) is 7.28. The SMILES string of the molecule is CCN(Cc1ccc(N(C)C)cc1)C(=O)CC(CN)OC. The van der Waals surface area contributed by atoms with Crippen LogP contribution in [0.25, 0.3) is 0 Å². The van der Waals surface area contributed by atoms with E-state index in [0.29, 0.717) is 26.1 Å². The second kappa shape index (κ2) is 8.64. The van der Waals surface area contributed by atoms with Gasteiger partial charge in [0.2, 0.25) is 5.91 Å². The van der Waals surface area contributed by atoms with Crippen molar-refractivity contribution in [2.45, 2.75) is 26.0 Å². The number of nitrogens with two attached hydrogens (primary N) is 1. The van der Waals surface area contributed by atoms with E-state index in [-0.39, 0.29) is 12.0 Å². The minimum atomic E-state index is -0.206. The zero-order valence-electron chi connectivity index (χ0n) is 13.5. The van der Waals surface area contributed by atoms with Crippen LogP contribution in [0.5, 0.6) is 0 Å². The molecule has 0 aromatic heterocycles. The van der Waals surface area contributed by atoms with Gasteiger partial charge in [-0.25, -0.2) is 0 Å². The molecule has 0 saturated heterocycles. The zero-order chi connectivity index (χ0) is 15.8. The highest BCUT2D eigenvalue weighted by Gasteiger charge is 2.17. The predicted molar refractivity (Wildman–Crippen MR) is 86.3 cm³/mol. The van der Waals surface area contributed by atoms with Gasteiger partial charge in [-0.2, -0.15) is 0 Å². The summed E-state index contributed by atoms with van der Waals surface area (Å²) in [6.07, 6.45) is 0.124. The Labute approximate surface area is 127 Å².